The maximum absolute atomic E-state index is 8.59. The zero-order chi connectivity index (χ0) is 8.10. The number of hydrogen-bond acceptors (Lipinski definition) is 3. The first-order chi connectivity index (χ1) is 5.29. The van der Waals surface area contributed by atoms with Crippen molar-refractivity contribution in [3.8, 4) is 0 Å². The molecule has 1 aliphatic rings. The second-order valence-corrected chi connectivity index (χ2v) is 2.46. The van der Waals surface area contributed by atoms with Gasteiger partial charge in [-0.1, -0.05) is 18.2 Å². The molecule has 1 rings (SSSR count). The number of aliphatic hydroxyl groups is 1. The van der Waals surface area contributed by atoms with Gasteiger partial charge in [0, 0.05) is 0 Å². The Bertz CT molecular complexity index is 173. The summed E-state index contributed by atoms with van der Waals surface area (Å²) in [5.74, 6) is 0. The molecule has 0 aromatic carbocycles. The summed E-state index contributed by atoms with van der Waals surface area (Å²) in [7, 11) is 0. The van der Waals surface area contributed by atoms with Crippen molar-refractivity contribution < 1.29 is 9.84 Å². The van der Waals surface area contributed by atoms with E-state index >= 15 is 0 Å². The van der Waals surface area contributed by atoms with Crippen LogP contribution in [0.2, 0.25) is 0 Å². The van der Waals surface area contributed by atoms with Crippen LogP contribution in [0.5, 0.6) is 0 Å². The van der Waals surface area contributed by atoms with E-state index in [2.05, 4.69) is 12.2 Å². The van der Waals surface area contributed by atoms with Crippen molar-refractivity contribution in [3.63, 3.8) is 0 Å². The molecule has 0 aromatic rings. The van der Waals surface area contributed by atoms with Gasteiger partial charge in [0.25, 0.3) is 0 Å². The van der Waals surface area contributed by atoms with Gasteiger partial charge in [0.15, 0.2) is 0 Å². The maximum Gasteiger partial charge on any atom is 0.211 e. The molecule has 0 radical (unpaired) electrons. The van der Waals surface area contributed by atoms with Crippen molar-refractivity contribution in [2.75, 3.05) is 6.61 Å². The van der Waals surface area contributed by atoms with Crippen LogP contribution in [0.1, 0.15) is 12.8 Å². The standard InChI is InChI=1S/C8H13NO2/c9-8(10)11-6-7-4-2-1-3-5-7/h2,4-5,8,10H,1,3,6,9H2. The first kappa shape index (κ1) is 8.46. The second-order valence-electron chi connectivity index (χ2n) is 2.46. The minimum Gasteiger partial charge on any atom is -0.356 e. The van der Waals surface area contributed by atoms with Gasteiger partial charge in [0.05, 0.1) is 6.61 Å². The van der Waals surface area contributed by atoms with Gasteiger partial charge in [-0.3, -0.25) is 5.73 Å². The summed E-state index contributed by atoms with van der Waals surface area (Å²) >= 11 is 0. The lowest BCUT2D eigenvalue weighted by Crippen LogP contribution is -2.23. The van der Waals surface area contributed by atoms with Crippen molar-refractivity contribution in [1.29, 1.82) is 0 Å². The Balaban J connectivity index is 2.25. The maximum atomic E-state index is 8.59. The fraction of sp³-hybridized carbons (Fsp3) is 0.500. The third-order valence-corrected chi connectivity index (χ3v) is 1.49. The van der Waals surface area contributed by atoms with Crippen molar-refractivity contribution in [2.45, 2.75) is 19.3 Å². The minimum absolute atomic E-state index is 0.397. The molecule has 0 bridgehead atoms. The number of ether oxygens (including phenoxy) is 1. The first-order valence-electron chi connectivity index (χ1n) is 3.70. The molecule has 0 spiro atoms. The Hall–Kier alpha value is -0.640. The largest absolute Gasteiger partial charge is 0.356 e. The molecule has 0 fully saturated rings. The van der Waals surface area contributed by atoms with Crippen molar-refractivity contribution in [2.24, 2.45) is 5.73 Å². The average molecular weight is 155 g/mol. The van der Waals surface area contributed by atoms with Crippen LogP contribution >= 0.6 is 0 Å². The summed E-state index contributed by atoms with van der Waals surface area (Å²) in [5, 5.41) is 8.59. The predicted octanol–water partition coefficient (Wildman–Crippen LogP) is 0.514. The first-order valence-corrected chi connectivity index (χ1v) is 3.70. The molecule has 11 heavy (non-hydrogen) atoms. The summed E-state index contributed by atoms with van der Waals surface area (Å²) in [6.45, 7) is 0.397. The highest BCUT2D eigenvalue weighted by molar-refractivity contribution is 5.22. The molecular weight excluding hydrogens is 142 g/mol. The lowest BCUT2D eigenvalue weighted by atomic mass is 10.1. The zero-order valence-electron chi connectivity index (χ0n) is 6.36. The highest BCUT2D eigenvalue weighted by atomic mass is 16.6. The van der Waals surface area contributed by atoms with E-state index in [9.17, 15) is 0 Å². The van der Waals surface area contributed by atoms with Crippen LogP contribution in [0.25, 0.3) is 0 Å². The molecule has 62 valence electrons. The van der Waals surface area contributed by atoms with Gasteiger partial charge in [-0.15, -0.1) is 0 Å². The zero-order valence-corrected chi connectivity index (χ0v) is 6.36. The average Bonchev–Trinajstić information content (AvgIpc) is 2.03. The summed E-state index contributed by atoms with van der Waals surface area (Å²) in [6.07, 6.45) is 7.15. The van der Waals surface area contributed by atoms with Gasteiger partial charge >= 0.3 is 0 Å². The van der Waals surface area contributed by atoms with E-state index in [0.717, 1.165) is 18.4 Å². The number of nitrogens with two attached hydrogens (primary N) is 1. The Morgan fingerprint density at radius 2 is 2.45 bits per heavy atom. The molecule has 1 atom stereocenters. The van der Waals surface area contributed by atoms with Crippen LogP contribution < -0.4 is 5.73 Å². The summed E-state index contributed by atoms with van der Waals surface area (Å²) in [4.78, 5) is 0. The molecular formula is C8H13NO2. The number of hydrogen-bond donors (Lipinski definition) is 2. The van der Waals surface area contributed by atoms with Gasteiger partial charge < -0.3 is 9.84 Å². The number of rotatable bonds is 3. The lowest BCUT2D eigenvalue weighted by Gasteiger charge is -2.09. The van der Waals surface area contributed by atoms with E-state index in [1.165, 1.54) is 0 Å². The normalized spacial score (nSPS) is 19.6. The highest BCUT2D eigenvalue weighted by Crippen LogP contribution is 2.09. The van der Waals surface area contributed by atoms with E-state index in [-0.39, 0.29) is 0 Å². The molecule has 3 heteroatoms. The quantitative estimate of drug-likeness (QED) is 0.584. The van der Waals surface area contributed by atoms with Crippen LogP contribution in [0.3, 0.4) is 0 Å². The van der Waals surface area contributed by atoms with Crippen LogP contribution in [0.4, 0.5) is 0 Å². The SMILES string of the molecule is NC(O)OCC1=CCCC=C1. The lowest BCUT2D eigenvalue weighted by molar-refractivity contribution is -0.0848. The van der Waals surface area contributed by atoms with E-state index in [1.54, 1.807) is 0 Å². The smallest absolute Gasteiger partial charge is 0.211 e. The predicted molar refractivity (Wildman–Crippen MR) is 42.6 cm³/mol. The Morgan fingerprint density at radius 1 is 1.64 bits per heavy atom. The molecule has 1 unspecified atom stereocenters. The summed E-state index contributed by atoms with van der Waals surface area (Å²) in [6, 6.07) is 0. The molecule has 3 nitrogen and oxygen atoms in total. The number of aliphatic hydroxyl groups excluding tert-OH is 1. The molecule has 3 N–H and O–H groups in total. The fourth-order valence-corrected chi connectivity index (χ4v) is 0.956. The molecule has 0 amide bonds. The van der Waals surface area contributed by atoms with E-state index in [4.69, 9.17) is 15.6 Å². The molecule has 0 aliphatic heterocycles. The monoisotopic (exact) mass is 155 g/mol. The van der Waals surface area contributed by atoms with Gasteiger partial charge in [0.1, 0.15) is 0 Å². The van der Waals surface area contributed by atoms with Gasteiger partial charge in [-0.25, -0.2) is 0 Å². The van der Waals surface area contributed by atoms with Gasteiger partial charge in [0.2, 0.25) is 6.41 Å². The summed E-state index contributed by atoms with van der Waals surface area (Å²) in [5.41, 5.74) is 6.08. The molecule has 0 saturated heterocycles. The fourth-order valence-electron chi connectivity index (χ4n) is 0.956. The Kier molecular flexibility index (Phi) is 3.29. The topological polar surface area (TPSA) is 55.5 Å². The van der Waals surface area contributed by atoms with Crippen molar-refractivity contribution in [1.82, 2.24) is 0 Å². The van der Waals surface area contributed by atoms with Crippen LogP contribution in [-0.2, 0) is 4.74 Å². The Labute approximate surface area is 66.2 Å². The number of allylic oxidation sites excluding steroid dienone is 2. The minimum atomic E-state index is -1.16. The van der Waals surface area contributed by atoms with Gasteiger partial charge in [-0.2, -0.15) is 0 Å². The van der Waals surface area contributed by atoms with Crippen molar-refractivity contribution in [3.05, 3.63) is 23.8 Å². The van der Waals surface area contributed by atoms with Crippen LogP contribution in [0, 0.1) is 0 Å². The van der Waals surface area contributed by atoms with Crippen LogP contribution in [-0.4, -0.2) is 18.1 Å². The van der Waals surface area contributed by atoms with Crippen LogP contribution in [0.15, 0.2) is 23.8 Å². The molecule has 0 heterocycles. The summed E-state index contributed by atoms with van der Waals surface area (Å²) < 4.78 is 4.80. The molecule has 0 saturated carbocycles. The highest BCUT2D eigenvalue weighted by Gasteiger charge is 1.99. The van der Waals surface area contributed by atoms with E-state index < -0.39 is 6.41 Å². The van der Waals surface area contributed by atoms with Gasteiger partial charge in [-0.05, 0) is 18.4 Å². The molecule has 1 aliphatic carbocycles. The molecule has 0 aromatic heterocycles. The van der Waals surface area contributed by atoms with Crippen molar-refractivity contribution >= 4 is 0 Å². The third kappa shape index (κ3) is 3.32. The third-order valence-electron chi connectivity index (χ3n) is 1.49. The Morgan fingerprint density at radius 3 is 3.00 bits per heavy atom. The van der Waals surface area contributed by atoms with E-state index in [1.807, 2.05) is 6.08 Å². The van der Waals surface area contributed by atoms with E-state index in [0.29, 0.717) is 6.61 Å². The second kappa shape index (κ2) is 4.28.